The molecule has 5 rings (SSSR count). The molecule has 0 spiro atoms. The quantitative estimate of drug-likeness (QED) is 0.494. The van der Waals surface area contributed by atoms with Crippen LogP contribution >= 0.6 is 0 Å². The first kappa shape index (κ1) is 21.6. The Kier molecular flexibility index (Phi) is 6.11. The lowest BCUT2D eigenvalue weighted by Crippen LogP contribution is -2.25. The molecule has 1 amide bonds. The maximum absolute atomic E-state index is 12.4. The largest absolute Gasteiger partial charge is 0.366 e. The monoisotopic (exact) mass is 444 g/mol. The fourth-order valence-electron chi connectivity index (χ4n) is 4.61. The number of amides is 1. The molecule has 7 heteroatoms. The van der Waals surface area contributed by atoms with Gasteiger partial charge in [-0.1, -0.05) is 31.9 Å². The van der Waals surface area contributed by atoms with Crippen molar-refractivity contribution < 1.29 is 4.79 Å². The van der Waals surface area contributed by atoms with E-state index in [1.807, 2.05) is 36.7 Å². The highest BCUT2D eigenvalue weighted by Gasteiger charge is 2.24. The van der Waals surface area contributed by atoms with Gasteiger partial charge in [0.05, 0.1) is 17.6 Å². The lowest BCUT2D eigenvalue weighted by atomic mass is 10.0. The molecule has 2 saturated carbocycles. The standard InChI is InChI=1S/C26H32N6O/c1-17(13-27-2)14-28-24-25-29-15-23(32(25)16-22(31-24)18-5-3-4-6-18)19-7-9-20(10-8-19)26(33)30-21-11-12-21/h7-10,13,15-18,21H,3-6,11-12,14H2,1-2H3,(H,28,31)(H,30,33). The Morgan fingerprint density at radius 2 is 1.97 bits per heavy atom. The number of anilines is 1. The van der Waals surface area contributed by atoms with Crippen LogP contribution in [0.15, 0.2) is 41.7 Å². The van der Waals surface area contributed by atoms with Crippen LogP contribution in [-0.4, -0.2) is 46.1 Å². The van der Waals surface area contributed by atoms with Gasteiger partial charge in [-0.3, -0.25) is 9.20 Å². The van der Waals surface area contributed by atoms with Crippen molar-refractivity contribution in [3.05, 3.63) is 47.9 Å². The molecule has 2 aliphatic rings. The minimum absolute atomic E-state index is 0.00568. The number of hydrogen-bond acceptors (Lipinski definition) is 5. The summed E-state index contributed by atoms with van der Waals surface area (Å²) in [4.78, 5) is 26.2. The third kappa shape index (κ3) is 4.77. The van der Waals surface area contributed by atoms with Crippen molar-refractivity contribution in [1.82, 2.24) is 19.7 Å². The number of imidazole rings is 1. The average Bonchev–Trinajstić information content (AvgIpc) is 3.29. The number of benzene rings is 1. The van der Waals surface area contributed by atoms with Gasteiger partial charge in [0.1, 0.15) is 0 Å². The van der Waals surface area contributed by atoms with Crippen molar-refractivity contribution in [1.29, 1.82) is 0 Å². The van der Waals surface area contributed by atoms with Crippen molar-refractivity contribution >= 4 is 23.6 Å². The molecule has 1 unspecified atom stereocenters. The summed E-state index contributed by atoms with van der Waals surface area (Å²) in [5.41, 5.74) is 4.68. The molecule has 0 saturated heterocycles. The first-order valence-corrected chi connectivity index (χ1v) is 12.1. The topological polar surface area (TPSA) is 83.7 Å². The molecule has 3 aromatic rings. The van der Waals surface area contributed by atoms with Crippen molar-refractivity contribution in [2.24, 2.45) is 10.9 Å². The summed E-state index contributed by atoms with van der Waals surface area (Å²) in [7, 11) is 1.80. The van der Waals surface area contributed by atoms with Gasteiger partial charge in [0, 0.05) is 55.0 Å². The summed E-state index contributed by atoms with van der Waals surface area (Å²) in [6.07, 6.45) is 13.1. The lowest BCUT2D eigenvalue weighted by molar-refractivity contribution is 0.0951. The number of fused-ring (bicyclic) bond motifs is 1. The lowest BCUT2D eigenvalue weighted by Gasteiger charge is -2.15. The van der Waals surface area contributed by atoms with Crippen molar-refractivity contribution in [3.8, 4) is 11.3 Å². The predicted molar refractivity (Wildman–Crippen MR) is 132 cm³/mol. The first-order chi connectivity index (χ1) is 16.1. The van der Waals surface area contributed by atoms with Gasteiger partial charge < -0.3 is 15.6 Å². The van der Waals surface area contributed by atoms with Gasteiger partial charge in [0.25, 0.3) is 5.91 Å². The Labute approximate surface area is 194 Å². The summed E-state index contributed by atoms with van der Waals surface area (Å²) in [5.74, 6) is 1.62. The molecule has 2 aromatic heterocycles. The summed E-state index contributed by atoms with van der Waals surface area (Å²) in [6.45, 7) is 2.89. The maximum atomic E-state index is 12.4. The molecule has 1 atom stereocenters. The van der Waals surface area contributed by atoms with Crippen LogP contribution in [0.3, 0.4) is 0 Å². The van der Waals surface area contributed by atoms with E-state index in [2.05, 4.69) is 33.1 Å². The molecule has 0 aliphatic heterocycles. The second-order valence-electron chi connectivity index (χ2n) is 9.42. The molecule has 172 valence electrons. The maximum Gasteiger partial charge on any atom is 0.251 e. The van der Waals surface area contributed by atoms with Crippen molar-refractivity contribution in [3.63, 3.8) is 0 Å². The Morgan fingerprint density at radius 3 is 2.67 bits per heavy atom. The minimum atomic E-state index is 0.00568. The number of aromatic nitrogens is 3. The predicted octanol–water partition coefficient (Wildman–Crippen LogP) is 4.69. The average molecular weight is 445 g/mol. The molecular weight excluding hydrogens is 412 g/mol. The third-order valence-corrected chi connectivity index (χ3v) is 6.63. The second-order valence-corrected chi connectivity index (χ2v) is 9.42. The zero-order chi connectivity index (χ0) is 22.8. The van der Waals surface area contributed by atoms with Gasteiger partial charge in [-0.2, -0.15) is 0 Å². The fourth-order valence-corrected chi connectivity index (χ4v) is 4.61. The van der Waals surface area contributed by atoms with Crippen LogP contribution in [-0.2, 0) is 0 Å². The van der Waals surface area contributed by atoms with Crippen LogP contribution in [0.4, 0.5) is 5.82 Å². The third-order valence-electron chi connectivity index (χ3n) is 6.63. The summed E-state index contributed by atoms with van der Waals surface area (Å²) < 4.78 is 2.15. The molecule has 1 aromatic carbocycles. The van der Waals surface area contributed by atoms with Crippen molar-refractivity contribution in [2.45, 2.75) is 57.4 Å². The van der Waals surface area contributed by atoms with Crippen LogP contribution in [0, 0.1) is 5.92 Å². The van der Waals surface area contributed by atoms with E-state index in [9.17, 15) is 4.79 Å². The number of nitrogens with one attached hydrogen (secondary N) is 2. The number of hydrogen-bond donors (Lipinski definition) is 2. The molecule has 0 bridgehead atoms. The van der Waals surface area contributed by atoms with Crippen LogP contribution < -0.4 is 10.6 Å². The molecule has 0 radical (unpaired) electrons. The van der Waals surface area contributed by atoms with Crippen LogP contribution in [0.25, 0.3) is 16.9 Å². The zero-order valence-corrected chi connectivity index (χ0v) is 19.4. The second kappa shape index (κ2) is 9.33. The molecule has 7 nitrogen and oxygen atoms in total. The van der Waals surface area contributed by atoms with E-state index in [-0.39, 0.29) is 5.91 Å². The number of aliphatic imine (C=N–C) groups is 1. The van der Waals surface area contributed by atoms with E-state index in [0.717, 1.165) is 47.8 Å². The molecule has 33 heavy (non-hydrogen) atoms. The fraction of sp³-hybridized carbons (Fsp3) is 0.462. The number of rotatable bonds is 8. The minimum Gasteiger partial charge on any atom is -0.366 e. The Morgan fingerprint density at radius 1 is 1.21 bits per heavy atom. The van der Waals surface area contributed by atoms with E-state index >= 15 is 0 Å². The van der Waals surface area contributed by atoms with E-state index in [4.69, 9.17) is 9.97 Å². The van der Waals surface area contributed by atoms with E-state index in [1.54, 1.807) is 7.05 Å². The SMILES string of the molecule is CN=CC(C)CNc1nc(C2CCCC2)cn2c(-c3ccc(C(=O)NC4CC4)cc3)cnc12. The molecular formula is C26H32N6O. The number of nitrogens with zero attached hydrogens (tertiary/aromatic N) is 4. The smallest absolute Gasteiger partial charge is 0.251 e. The Hall–Kier alpha value is -3.22. The normalized spacial score (nSPS) is 17.6. The highest BCUT2D eigenvalue weighted by Crippen LogP contribution is 2.35. The Balaban J connectivity index is 1.47. The van der Waals surface area contributed by atoms with Gasteiger partial charge in [-0.25, -0.2) is 9.97 Å². The molecule has 2 aliphatic carbocycles. The van der Waals surface area contributed by atoms with E-state index in [1.165, 1.54) is 25.7 Å². The van der Waals surface area contributed by atoms with Gasteiger partial charge in [0.2, 0.25) is 0 Å². The van der Waals surface area contributed by atoms with Crippen LogP contribution in [0.2, 0.25) is 0 Å². The highest BCUT2D eigenvalue weighted by atomic mass is 16.1. The van der Waals surface area contributed by atoms with Gasteiger partial charge >= 0.3 is 0 Å². The van der Waals surface area contributed by atoms with Gasteiger partial charge in [-0.05, 0) is 37.8 Å². The highest BCUT2D eigenvalue weighted by molar-refractivity contribution is 5.95. The first-order valence-electron chi connectivity index (χ1n) is 12.1. The van der Waals surface area contributed by atoms with Crippen LogP contribution in [0.1, 0.15) is 67.4 Å². The van der Waals surface area contributed by atoms with Gasteiger partial charge in [0.15, 0.2) is 11.5 Å². The number of carbonyl (C=O) groups is 1. The van der Waals surface area contributed by atoms with E-state index in [0.29, 0.717) is 23.4 Å². The molecule has 2 fully saturated rings. The van der Waals surface area contributed by atoms with Crippen molar-refractivity contribution in [2.75, 3.05) is 18.9 Å². The van der Waals surface area contributed by atoms with Gasteiger partial charge in [-0.15, -0.1) is 0 Å². The summed E-state index contributed by atoms with van der Waals surface area (Å²) in [5, 5.41) is 6.56. The number of carbonyl (C=O) groups excluding carboxylic acids is 1. The summed E-state index contributed by atoms with van der Waals surface area (Å²) >= 11 is 0. The molecule has 2 N–H and O–H groups in total. The Bertz CT molecular complexity index is 1160. The summed E-state index contributed by atoms with van der Waals surface area (Å²) in [6, 6.07) is 8.17. The van der Waals surface area contributed by atoms with E-state index < -0.39 is 0 Å². The van der Waals surface area contributed by atoms with Crippen LogP contribution in [0.5, 0.6) is 0 Å². The zero-order valence-electron chi connectivity index (χ0n) is 19.4. The molecule has 2 heterocycles.